The van der Waals surface area contributed by atoms with Gasteiger partial charge < -0.3 is 10.1 Å². The summed E-state index contributed by atoms with van der Waals surface area (Å²) in [6.07, 6.45) is 4.52. The van der Waals surface area contributed by atoms with E-state index in [9.17, 15) is 4.39 Å². The third-order valence-electron chi connectivity index (χ3n) is 2.91. The molecule has 1 N–H and O–H groups in total. The number of hydrogen-bond acceptors (Lipinski definition) is 4. The molecule has 0 spiro atoms. The van der Waals surface area contributed by atoms with E-state index in [1.54, 1.807) is 19.5 Å². The fourth-order valence-electron chi connectivity index (χ4n) is 1.83. The third kappa shape index (κ3) is 3.74. The van der Waals surface area contributed by atoms with Gasteiger partial charge in [0.1, 0.15) is 5.82 Å². The second-order valence-electron chi connectivity index (χ2n) is 4.36. The van der Waals surface area contributed by atoms with E-state index in [0.717, 1.165) is 15.6 Å². The Morgan fingerprint density at radius 3 is 2.85 bits per heavy atom. The van der Waals surface area contributed by atoms with Gasteiger partial charge in [0.05, 0.1) is 13.3 Å². The van der Waals surface area contributed by atoms with Crippen LogP contribution in [0.2, 0.25) is 0 Å². The minimum absolute atomic E-state index is 0.0260. The van der Waals surface area contributed by atoms with Crippen LogP contribution in [-0.4, -0.2) is 17.1 Å². The Bertz CT molecular complexity index is 594. The van der Waals surface area contributed by atoms with Gasteiger partial charge >= 0.3 is 0 Å². The number of pyridine rings is 2. The molecule has 0 aliphatic heterocycles. The summed E-state index contributed by atoms with van der Waals surface area (Å²) in [5.74, 6) is 0.239. The number of hydrogen-bond donors (Lipinski definition) is 1. The van der Waals surface area contributed by atoms with Crippen molar-refractivity contribution in [3.63, 3.8) is 0 Å². The van der Waals surface area contributed by atoms with Crippen molar-refractivity contribution >= 4 is 15.9 Å². The average Bonchev–Trinajstić information content (AvgIpc) is 2.45. The molecule has 0 aliphatic carbocycles. The molecule has 106 valence electrons. The normalized spacial score (nSPS) is 12.2. The Morgan fingerprint density at radius 1 is 1.35 bits per heavy atom. The van der Waals surface area contributed by atoms with Crippen LogP contribution in [0.1, 0.15) is 24.1 Å². The van der Waals surface area contributed by atoms with Gasteiger partial charge in [0.25, 0.3) is 0 Å². The number of ether oxygens (including phenoxy) is 1. The van der Waals surface area contributed by atoms with Crippen molar-refractivity contribution in [3.8, 4) is 5.88 Å². The lowest BCUT2D eigenvalue weighted by molar-refractivity contribution is 0.389. The number of nitrogens with zero attached hydrogens (tertiary/aromatic N) is 2. The molecule has 2 aromatic heterocycles. The second-order valence-corrected chi connectivity index (χ2v) is 5.28. The molecular formula is C14H15BrFN3O. The first-order valence-electron chi connectivity index (χ1n) is 6.12. The fourth-order valence-corrected chi connectivity index (χ4v) is 2.20. The summed E-state index contributed by atoms with van der Waals surface area (Å²) in [6, 6.07) is 3.39. The molecule has 0 fully saturated rings. The predicted molar refractivity (Wildman–Crippen MR) is 77.9 cm³/mol. The van der Waals surface area contributed by atoms with Gasteiger partial charge in [0, 0.05) is 35.0 Å². The SMILES string of the molecule is COc1ncc(Br)cc1CNC(C)c1cncc(F)c1. The van der Waals surface area contributed by atoms with Gasteiger partial charge in [-0.3, -0.25) is 4.98 Å². The predicted octanol–water partition coefficient (Wildman–Crippen LogP) is 3.24. The standard InChI is InChI=1S/C14H15BrFN3O/c1-9(10-4-13(16)8-17-5-10)18-6-11-3-12(15)7-19-14(11)20-2/h3-5,7-9,18H,6H2,1-2H3. The first-order chi connectivity index (χ1) is 9.60. The van der Waals surface area contributed by atoms with Crippen molar-refractivity contribution in [2.45, 2.75) is 19.5 Å². The minimum Gasteiger partial charge on any atom is -0.481 e. The average molecular weight is 340 g/mol. The Morgan fingerprint density at radius 2 is 2.15 bits per heavy atom. The van der Waals surface area contributed by atoms with E-state index in [2.05, 4.69) is 31.2 Å². The van der Waals surface area contributed by atoms with Crippen LogP contribution in [0.5, 0.6) is 5.88 Å². The maximum absolute atomic E-state index is 13.1. The lowest BCUT2D eigenvalue weighted by Crippen LogP contribution is -2.19. The number of nitrogens with one attached hydrogen (secondary N) is 1. The zero-order valence-electron chi connectivity index (χ0n) is 11.2. The Labute approximate surface area is 125 Å². The molecule has 20 heavy (non-hydrogen) atoms. The van der Waals surface area contributed by atoms with Crippen LogP contribution >= 0.6 is 15.9 Å². The molecule has 1 unspecified atom stereocenters. The van der Waals surface area contributed by atoms with E-state index >= 15 is 0 Å². The van der Waals surface area contributed by atoms with Gasteiger partial charge in [0.2, 0.25) is 5.88 Å². The highest BCUT2D eigenvalue weighted by molar-refractivity contribution is 9.10. The molecule has 0 amide bonds. The van der Waals surface area contributed by atoms with E-state index in [1.165, 1.54) is 12.3 Å². The van der Waals surface area contributed by atoms with Crippen LogP contribution in [0.15, 0.2) is 35.2 Å². The molecule has 2 heterocycles. The van der Waals surface area contributed by atoms with Crippen LogP contribution in [0.4, 0.5) is 4.39 Å². The van der Waals surface area contributed by atoms with Crippen molar-refractivity contribution < 1.29 is 9.13 Å². The van der Waals surface area contributed by atoms with Crippen molar-refractivity contribution in [2.24, 2.45) is 0 Å². The molecule has 4 nitrogen and oxygen atoms in total. The summed E-state index contributed by atoms with van der Waals surface area (Å²) in [7, 11) is 1.58. The Hall–Kier alpha value is -1.53. The number of rotatable bonds is 5. The van der Waals surface area contributed by atoms with Gasteiger partial charge in [-0.05, 0) is 40.5 Å². The zero-order chi connectivity index (χ0) is 14.5. The van der Waals surface area contributed by atoms with E-state index in [1.807, 2.05) is 13.0 Å². The van der Waals surface area contributed by atoms with Gasteiger partial charge in [-0.25, -0.2) is 9.37 Å². The summed E-state index contributed by atoms with van der Waals surface area (Å²) < 4.78 is 19.2. The monoisotopic (exact) mass is 339 g/mol. The smallest absolute Gasteiger partial charge is 0.217 e. The molecule has 0 radical (unpaired) electrons. The molecule has 2 aromatic rings. The summed E-state index contributed by atoms with van der Waals surface area (Å²) in [4.78, 5) is 8.03. The Kier molecular flexibility index (Phi) is 5.03. The number of methoxy groups -OCH3 is 1. The molecule has 0 saturated carbocycles. The summed E-state index contributed by atoms with van der Waals surface area (Å²) in [5, 5.41) is 3.30. The topological polar surface area (TPSA) is 47.0 Å². The highest BCUT2D eigenvalue weighted by atomic mass is 79.9. The first-order valence-corrected chi connectivity index (χ1v) is 6.91. The largest absolute Gasteiger partial charge is 0.481 e. The van der Waals surface area contributed by atoms with Crippen molar-refractivity contribution in [2.75, 3.05) is 7.11 Å². The van der Waals surface area contributed by atoms with E-state index < -0.39 is 0 Å². The molecular weight excluding hydrogens is 325 g/mol. The molecule has 1 atom stereocenters. The molecule has 0 bridgehead atoms. The lowest BCUT2D eigenvalue weighted by Gasteiger charge is -2.15. The Balaban J connectivity index is 2.06. The highest BCUT2D eigenvalue weighted by Crippen LogP contribution is 2.21. The van der Waals surface area contributed by atoms with Gasteiger partial charge in [0.15, 0.2) is 0 Å². The molecule has 2 rings (SSSR count). The van der Waals surface area contributed by atoms with E-state index in [0.29, 0.717) is 12.4 Å². The van der Waals surface area contributed by atoms with Crippen LogP contribution in [-0.2, 0) is 6.54 Å². The van der Waals surface area contributed by atoms with Crippen LogP contribution in [0, 0.1) is 5.82 Å². The number of aromatic nitrogens is 2. The van der Waals surface area contributed by atoms with Gasteiger partial charge in [-0.1, -0.05) is 0 Å². The minimum atomic E-state index is -0.335. The zero-order valence-corrected chi connectivity index (χ0v) is 12.8. The summed E-state index contributed by atoms with van der Waals surface area (Å²) in [6.45, 7) is 2.52. The molecule has 0 aliphatic rings. The van der Waals surface area contributed by atoms with Crippen molar-refractivity contribution in [3.05, 3.63) is 52.1 Å². The van der Waals surface area contributed by atoms with Crippen LogP contribution < -0.4 is 10.1 Å². The van der Waals surface area contributed by atoms with Gasteiger partial charge in [-0.15, -0.1) is 0 Å². The third-order valence-corrected chi connectivity index (χ3v) is 3.34. The number of halogens is 2. The summed E-state index contributed by atoms with van der Waals surface area (Å²) in [5.41, 5.74) is 1.73. The summed E-state index contributed by atoms with van der Waals surface area (Å²) >= 11 is 3.38. The van der Waals surface area contributed by atoms with Crippen molar-refractivity contribution in [1.29, 1.82) is 0 Å². The quantitative estimate of drug-likeness (QED) is 0.908. The van der Waals surface area contributed by atoms with Crippen molar-refractivity contribution in [1.82, 2.24) is 15.3 Å². The second kappa shape index (κ2) is 6.76. The van der Waals surface area contributed by atoms with E-state index in [4.69, 9.17) is 4.74 Å². The van der Waals surface area contributed by atoms with E-state index in [-0.39, 0.29) is 11.9 Å². The molecule has 0 aromatic carbocycles. The highest BCUT2D eigenvalue weighted by Gasteiger charge is 2.10. The van der Waals surface area contributed by atoms with Crippen LogP contribution in [0.3, 0.4) is 0 Å². The van der Waals surface area contributed by atoms with Gasteiger partial charge in [-0.2, -0.15) is 0 Å². The fraction of sp³-hybridized carbons (Fsp3) is 0.286. The first kappa shape index (κ1) is 14.9. The maximum Gasteiger partial charge on any atom is 0.217 e. The lowest BCUT2D eigenvalue weighted by atomic mass is 10.1. The van der Waals surface area contributed by atoms with Crippen LogP contribution in [0.25, 0.3) is 0 Å². The maximum atomic E-state index is 13.1. The molecule has 6 heteroatoms. The molecule has 0 saturated heterocycles.